The quantitative estimate of drug-likeness (QED) is 0.698. The van der Waals surface area contributed by atoms with Crippen LogP contribution in [0.5, 0.6) is 0 Å². The highest BCUT2D eigenvalue weighted by molar-refractivity contribution is 8.13. The van der Waals surface area contributed by atoms with Gasteiger partial charge < -0.3 is 5.43 Å². The Morgan fingerprint density at radius 2 is 2.38 bits per heavy atom. The van der Waals surface area contributed by atoms with Gasteiger partial charge in [-0.05, 0) is 30.3 Å². The first-order valence-corrected chi connectivity index (χ1v) is 5.76. The van der Waals surface area contributed by atoms with Gasteiger partial charge in [0.05, 0.1) is 10.6 Å². The Kier molecular flexibility index (Phi) is 2.48. The Morgan fingerprint density at radius 3 is 3.15 bits per heavy atom. The highest BCUT2D eigenvalue weighted by Gasteiger charge is 2.18. The van der Waals surface area contributed by atoms with E-state index in [1.165, 1.54) is 23.7 Å². The summed E-state index contributed by atoms with van der Waals surface area (Å²) in [5.41, 5.74) is 4.72. The Labute approximate surface area is 84.8 Å². The van der Waals surface area contributed by atoms with Crippen molar-refractivity contribution in [2.45, 2.75) is 4.90 Å². The third-order valence-electron chi connectivity index (χ3n) is 1.76. The van der Waals surface area contributed by atoms with Gasteiger partial charge in [-0.1, -0.05) is 17.8 Å². The van der Waals surface area contributed by atoms with E-state index >= 15 is 0 Å². The van der Waals surface area contributed by atoms with E-state index in [2.05, 4.69) is 10.3 Å². The van der Waals surface area contributed by atoms with Crippen molar-refractivity contribution in [2.75, 3.05) is 11.7 Å². The van der Waals surface area contributed by atoms with Crippen LogP contribution in [0.25, 0.3) is 0 Å². The van der Waals surface area contributed by atoms with Crippen LogP contribution in [0.4, 0.5) is 5.69 Å². The first kappa shape index (κ1) is 8.93. The number of carbonyl (C=O) groups is 1. The van der Waals surface area contributed by atoms with Gasteiger partial charge in [0.25, 0.3) is 0 Å². The summed E-state index contributed by atoms with van der Waals surface area (Å²) in [5.74, 6) is 0. The molecule has 1 heterocycles. The summed E-state index contributed by atoms with van der Waals surface area (Å²) in [6, 6.07) is 5.67. The molecule has 0 unspecified atom stereocenters. The standard InChI is InChI=1S/C8H8N2OS2/c1-12-8(11)5-3-2-4-6-7(5)13-10-9-6/h2-4,9-10H,1H3. The molecule has 0 amide bonds. The van der Waals surface area contributed by atoms with Crippen LogP contribution in [0.15, 0.2) is 23.1 Å². The fourth-order valence-corrected chi connectivity index (χ4v) is 2.37. The smallest absolute Gasteiger partial charge is 0.220 e. The number of fused-ring (bicyclic) bond motifs is 1. The van der Waals surface area contributed by atoms with Crippen LogP contribution in [-0.2, 0) is 0 Å². The van der Waals surface area contributed by atoms with Crippen LogP contribution in [0.1, 0.15) is 10.4 Å². The second-order valence-corrected chi connectivity index (χ2v) is 4.10. The van der Waals surface area contributed by atoms with Crippen LogP contribution >= 0.6 is 23.7 Å². The Bertz CT molecular complexity index is 354. The summed E-state index contributed by atoms with van der Waals surface area (Å²) in [5, 5.41) is 0.106. The molecule has 2 N–H and O–H groups in total. The monoisotopic (exact) mass is 212 g/mol. The molecule has 0 bridgehead atoms. The van der Waals surface area contributed by atoms with Crippen molar-refractivity contribution < 1.29 is 4.79 Å². The molecule has 3 nitrogen and oxygen atoms in total. The first-order chi connectivity index (χ1) is 6.33. The summed E-state index contributed by atoms with van der Waals surface area (Å²) in [6.07, 6.45) is 1.79. The molecule has 2 rings (SSSR count). The average molecular weight is 212 g/mol. The second-order valence-electron chi connectivity index (χ2n) is 2.50. The Balaban J connectivity index is 2.47. The lowest BCUT2D eigenvalue weighted by Crippen LogP contribution is -2.04. The molecule has 0 saturated heterocycles. The van der Waals surface area contributed by atoms with Crippen molar-refractivity contribution in [1.82, 2.24) is 4.83 Å². The van der Waals surface area contributed by atoms with Crippen molar-refractivity contribution in [1.29, 1.82) is 0 Å². The second kappa shape index (κ2) is 3.61. The molecule has 0 fully saturated rings. The minimum atomic E-state index is 0.106. The van der Waals surface area contributed by atoms with E-state index in [0.717, 1.165) is 16.1 Å². The number of anilines is 1. The van der Waals surface area contributed by atoms with Crippen LogP contribution < -0.4 is 10.3 Å². The zero-order valence-electron chi connectivity index (χ0n) is 6.96. The molecule has 1 aliphatic rings. The van der Waals surface area contributed by atoms with E-state index in [4.69, 9.17) is 0 Å². The molecule has 68 valence electrons. The highest BCUT2D eigenvalue weighted by atomic mass is 32.2. The van der Waals surface area contributed by atoms with Crippen molar-refractivity contribution in [3.8, 4) is 0 Å². The maximum Gasteiger partial charge on any atom is 0.220 e. The molecule has 5 heteroatoms. The maximum absolute atomic E-state index is 11.5. The molecule has 0 radical (unpaired) electrons. The van der Waals surface area contributed by atoms with E-state index in [-0.39, 0.29) is 5.12 Å². The van der Waals surface area contributed by atoms with Gasteiger partial charge in [-0.25, -0.2) is 0 Å². The fraction of sp³-hybridized carbons (Fsp3) is 0.125. The van der Waals surface area contributed by atoms with Gasteiger partial charge in [-0.2, -0.15) is 4.83 Å². The Morgan fingerprint density at radius 1 is 1.54 bits per heavy atom. The third-order valence-corrected chi connectivity index (χ3v) is 3.20. The predicted octanol–water partition coefficient (Wildman–Crippen LogP) is 2.13. The van der Waals surface area contributed by atoms with Gasteiger partial charge in [0.1, 0.15) is 0 Å². The molecular weight excluding hydrogens is 204 g/mol. The van der Waals surface area contributed by atoms with Crippen LogP contribution in [0.3, 0.4) is 0 Å². The molecule has 1 aromatic carbocycles. The van der Waals surface area contributed by atoms with Crippen molar-refractivity contribution in [3.05, 3.63) is 23.8 Å². The molecule has 1 aromatic rings. The lowest BCUT2D eigenvalue weighted by Gasteiger charge is -2.01. The van der Waals surface area contributed by atoms with Gasteiger partial charge >= 0.3 is 0 Å². The summed E-state index contributed by atoms with van der Waals surface area (Å²) in [7, 11) is 0. The summed E-state index contributed by atoms with van der Waals surface area (Å²) < 4.78 is 0. The number of carbonyl (C=O) groups excluding carboxylic acids is 1. The number of thioether (sulfide) groups is 1. The molecule has 0 spiro atoms. The van der Waals surface area contributed by atoms with Gasteiger partial charge in [-0.3, -0.25) is 4.79 Å². The lowest BCUT2D eigenvalue weighted by molar-refractivity contribution is 0.108. The number of hydrogen-bond donors (Lipinski definition) is 2. The molecule has 1 aliphatic heterocycles. The van der Waals surface area contributed by atoms with Gasteiger partial charge in [0.15, 0.2) is 0 Å². The number of nitrogens with one attached hydrogen (secondary N) is 2. The SMILES string of the molecule is CSC(=O)c1cccc2c1SNN2. The van der Waals surface area contributed by atoms with Crippen molar-refractivity contribution >= 4 is 34.5 Å². The van der Waals surface area contributed by atoms with Crippen LogP contribution in [-0.4, -0.2) is 11.4 Å². The zero-order valence-corrected chi connectivity index (χ0v) is 8.59. The third kappa shape index (κ3) is 1.54. The fourth-order valence-electron chi connectivity index (χ4n) is 1.15. The summed E-state index contributed by atoms with van der Waals surface area (Å²) in [6.45, 7) is 0. The largest absolute Gasteiger partial charge is 0.310 e. The number of benzene rings is 1. The number of rotatable bonds is 1. The van der Waals surface area contributed by atoms with Crippen LogP contribution in [0, 0.1) is 0 Å². The highest BCUT2D eigenvalue weighted by Crippen LogP contribution is 2.34. The minimum Gasteiger partial charge on any atom is -0.310 e. The van der Waals surface area contributed by atoms with Gasteiger partial charge in [0, 0.05) is 5.56 Å². The molecule has 0 saturated carbocycles. The van der Waals surface area contributed by atoms with Crippen molar-refractivity contribution in [3.63, 3.8) is 0 Å². The normalized spacial score (nSPS) is 13.6. The molecule has 0 atom stereocenters. The number of hydrazine groups is 1. The first-order valence-electron chi connectivity index (χ1n) is 3.72. The molecule has 13 heavy (non-hydrogen) atoms. The van der Waals surface area contributed by atoms with E-state index in [9.17, 15) is 4.79 Å². The van der Waals surface area contributed by atoms with E-state index < -0.39 is 0 Å². The van der Waals surface area contributed by atoms with Crippen molar-refractivity contribution in [2.24, 2.45) is 0 Å². The van der Waals surface area contributed by atoms with Gasteiger partial charge in [0.2, 0.25) is 5.12 Å². The molecule has 0 aromatic heterocycles. The van der Waals surface area contributed by atoms with Gasteiger partial charge in [-0.15, -0.1) is 0 Å². The minimum absolute atomic E-state index is 0.106. The average Bonchev–Trinajstić information content (AvgIpc) is 2.63. The Hall–Kier alpha value is -0.650. The van der Waals surface area contributed by atoms with Crippen LogP contribution in [0.2, 0.25) is 0 Å². The zero-order chi connectivity index (χ0) is 9.26. The molecular formula is C8H8N2OS2. The van der Waals surface area contributed by atoms with E-state index in [1.807, 2.05) is 18.2 Å². The topological polar surface area (TPSA) is 41.1 Å². The van der Waals surface area contributed by atoms with E-state index in [1.54, 1.807) is 6.26 Å². The predicted molar refractivity (Wildman–Crippen MR) is 56.9 cm³/mol. The lowest BCUT2D eigenvalue weighted by atomic mass is 10.2. The summed E-state index contributed by atoms with van der Waals surface area (Å²) >= 11 is 2.68. The summed E-state index contributed by atoms with van der Waals surface area (Å²) in [4.78, 5) is 15.4. The molecule has 0 aliphatic carbocycles. The maximum atomic E-state index is 11.5. The van der Waals surface area contributed by atoms with E-state index in [0.29, 0.717) is 0 Å². The number of hydrogen-bond acceptors (Lipinski definition) is 5.